The van der Waals surface area contributed by atoms with Gasteiger partial charge in [0, 0.05) is 13.0 Å². The van der Waals surface area contributed by atoms with E-state index in [1.807, 2.05) is 24.3 Å². The minimum absolute atomic E-state index is 0.698. The van der Waals surface area contributed by atoms with Crippen LogP contribution in [0.15, 0.2) is 30.9 Å². The van der Waals surface area contributed by atoms with Gasteiger partial charge in [-0.05, 0) is 19.1 Å². The first kappa shape index (κ1) is 11.4. The van der Waals surface area contributed by atoms with Crippen LogP contribution in [-0.2, 0) is 13.1 Å². The molecular formula is C14H16N3+. The van der Waals surface area contributed by atoms with Crippen LogP contribution in [-0.4, -0.2) is 4.57 Å². The molecule has 0 aliphatic rings. The predicted octanol–water partition coefficient (Wildman–Crippen LogP) is 2.31. The maximum atomic E-state index is 8.96. The molecule has 17 heavy (non-hydrogen) atoms. The summed E-state index contributed by atoms with van der Waals surface area (Å²) in [6.45, 7) is 9.71. The topological polar surface area (TPSA) is 32.6 Å². The summed E-state index contributed by atoms with van der Waals surface area (Å²) < 4.78 is 4.44. The average molecular weight is 226 g/mol. The molecule has 0 spiro atoms. The van der Waals surface area contributed by atoms with E-state index in [4.69, 9.17) is 5.26 Å². The summed E-state index contributed by atoms with van der Waals surface area (Å²) in [5.74, 6) is 1.19. The molecule has 2 aromatic rings. The van der Waals surface area contributed by atoms with E-state index in [9.17, 15) is 0 Å². The minimum atomic E-state index is 0.698. The summed E-state index contributed by atoms with van der Waals surface area (Å²) in [6, 6.07) is 8.01. The van der Waals surface area contributed by atoms with Gasteiger partial charge >= 0.3 is 0 Å². The molecule has 86 valence electrons. The number of nitrogens with zero attached hydrogens (tertiary/aromatic N) is 3. The van der Waals surface area contributed by atoms with Crippen molar-refractivity contribution < 1.29 is 4.57 Å². The van der Waals surface area contributed by atoms with Crippen LogP contribution < -0.4 is 4.57 Å². The number of aromatic nitrogens is 2. The second kappa shape index (κ2) is 4.42. The third-order valence-electron chi connectivity index (χ3n) is 3.10. The van der Waals surface area contributed by atoms with Crippen molar-refractivity contribution in [2.24, 2.45) is 0 Å². The lowest BCUT2D eigenvalue weighted by atomic mass is 10.2. The van der Waals surface area contributed by atoms with Crippen molar-refractivity contribution in [1.82, 2.24) is 4.57 Å². The molecule has 0 saturated heterocycles. The lowest BCUT2D eigenvalue weighted by Crippen LogP contribution is -2.35. The number of fused-ring (bicyclic) bond motifs is 1. The molecule has 0 bridgehead atoms. The first-order valence-electron chi connectivity index (χ1n) is 5.76. The molecule has 0 amide bonds. The van der Waals surface area contributed by atoms with E-state index in [-0.39, 0.29) is 0 Å². The van der Waals surface area contributed by atoms with Crippen molar-refractivity contribution in [3.63, 3.8) is 0 Å². The summed E-state index contributed by atoms with van der Waals surface area (Å²) in [6.07, 6.45) is 1.88. The Labute approximate surface area is 101 Å². The summed E-state index contributed by atoms with van der Waals surface area (Å²) in [7, 11) is 0. The number of hydrogen-bond donors (Lipinski definition) is 0. The molecule has 3 nitrogen and oxygen atoms in total. The Kier molecular flexibility index (Phi) is 2.97. The summed E-state index contributed by atoms with van der Waals surface area (Å²) in [4.78, 5) is 0. The minimum Gasteiger partial charge on any atom is -0.228 e. The average Bonchev–Trinajstić information content (AvgIpc) is 2.62. The zero-order chi connectivity index (χ0) is 12.4. The molecule has 2 rings (SSSR count). The number of imidazole rings is 1. The lowest BCUT2D eigenvalue weighted by Gasteiger charge is -1.95. The molecule has 1 heterocycles. The normalized spacial score (nSPS) is 10.4. The molecule has 0 fully saturated rings. The molecule has 1 aromatic carbocycles. The molecule has 0 saturated carbocycles. The van der Waals surface area contributed by atoms with Gasteiger partial charge in [-0.2, -0.15) is 5.26 Å². The molecular weight excluding hydrogens is 210 g/mol. The van der Waals surface area contributed by atoms with Gasteiger partial charge in [0.25, 0.3) is 5.82 Å². The number of aryl methyl sites for hydroxylation is 1. The summed E-state index contributed by atoms with van der Waals surface area (Å²) in [5.41, 5.74) is 2.97. The van der Waals surface area contributed by atoms with Gasteiger partial charge in [0.15, 0.2) is 11.0 Å². The Bertz CT molecular complexity index is 614. The van der Waals surface area contributed by atoms with Gasteiger partial charge in [-0.15, -0.1) is 0 Å². The second-order valence-electron chi connectivity index (χ2n) is 4.01. The molecule has 0 aliphatic heterocycles. The fraction of sp³-hybridized carbons (Fsp3) is 0.286. The van der Waals surface area contributed by atoms with Crippen LogP contribution in [0.4, 0.5) is 0 Å². The zero-order valence-electron chi connectivity index (χ0n) is 10.3. The van der Waals surface area contributed by atoms with E-state index in [0.717, 1.165) is 18.6 Å². The number of benzene rings is 1. The van der Waals surface area contributed by atoms with E-state index in [1.165, 1.54) is 11.3 Å². The maximum absolute atomic E-state index is 8.96. The van der Waals surface area contributed by atoms with Crippen molar-refractivity contribution >= 4 is 11.0 Å². The van der Waals surface area contributed by atoms with Crippen LogP contribution in [0, 0.1) is 18.3 Å². The highest BCUT2D eigenvalue weighted by molar-refractivity contribution is 5.74. The number of hydrogen-bond acceptors (Lipinski definition) is 1. The Hall–Kier alpha value is -2.08. The Morgan fingerprint density at radius 2 is 2.29 bits per heavy atom. The zero-order valence-corrected chi connectivity index (χ0v) is 10.3. The second-order valence-corrected chi connectivity index (χ2v) is 4.01. The highest BCUT2D eigenvalue weighted by Gasteiger charge is 2.19. The fourth-order valence-electron chi connectivity index (χ4n) is 2.29. The smallest absolute Gasteiger partial charge is 0.228 e. The highest BCUT2D eigenvalue weighted by Crippen LogP contribution is 2.16. The van der Waals surface area contributed by atoms with Gasteiger partial charge in [0.05, 0.1) is 18.2 Å². The fourth-order valence-corrected chi connectivity index (χ4v) is 2.29. The van der Waals surface area contributed by atoms with Crippen molar-refractivity contribution in [1.29, 1.82) is 5.26 Å². The van der Waals surface area contributed by atoms with Gasteiger partial charge in [-0.1, -0.05) is 12.7 Å². The molecule has 0 aliphatic carbocycles. The Balaban J connectivity index is 2.81. The van der Waals surface area contributed by atoms with Gasteiger partial charge in [0.1, 0.15) is 6.54 Å². The van der Waals surface area contributed by atoms with Crippen molar-refractivity contribution in [3.8, 4) is 6.07 Å². The van der Waals surface area contributed by atoms with Crippen LogP contribution >= 0.6 is 0 Å². The summed E-state index contributed by atoms with van der Waals surface area (Å²) in [5, 5.41) is 8.96. The van der Waals surface area contributed by atoms with Crippen LogP contribution in [0.2, 0.25) is 0 Å². The third kappa shape index (κ3) is 1.72. The predicted molar refractivity (Wildman–Crippen MR) is 67.5 cm³/mol. The first-order chi connectivity index (χ1) is 8.22. The standard InChI is InChI=1S/C14H16N3/c1-4-8-17-11(3)16(5-2)13-7-6-12(10-15)9-14(13)17/h4,6-7,9H,1,5,8H2,2-3H3/q+1. The molecule has 0 radical (unpaired) electrons. The number of nitriles is 1. The molecule has 3 heteroatoms. The van der Waals surface area contributed by atoms with Crippen molar-refractivity contribution in [3.05, 3.63) is 42.2 Å². The van der Waals surface area contributed by atoms with Crippen molar-refractivity contribution in [2.45, 2.75) is 26.9 Å². The monoisotopic (exact) mass is 226 g/mol. The quantitative estimate of drug-likeness (QED) is 0.584. The van der Waals surface area contributed by atoms with E-state index in [1.54, 1.807) is 0 Å². The highest BCUT2D eigenvalue weighted by atomic mass is 15.2. The number of rotatable bonds is 3. The Morgan fingerprint density at radius 1 is 1.53 bits per heavy atom. The maximum Gasteiger partial charge on any atom is 0.254 e. The van der Waals surface area contributed by atoms with Crippen LogP contribution in [0.5, 0.6) is 0 Å². The molecule has 0 unspecified atom stereocenters. The first-order valence-corrected chi connectivity index (χ1v) is 5.76. The van der Waals surface area contributed by atoms with Gasteiger partial charge < -0.3 is 0 Å². The van der Waals surface area contributed by atoms with Gasteiger partial charge in [-0.3, -0.25) is 0 Å². The summed E-state index contributed by atoms with van der Waals surface area (Å²) >= 11 is 0. The van der Waals surface area contributed by atoms with Crippen LogP contribution in [0.1, 0.15) is 18.3 Å². The molecule has 0 atom stereocenters. The third-order valence-corrected chi connectivity index (χ3v) is 3.10. The number of allylic oxidation sites excluding steroid dienone is 1. The lowest BCUT2D eigenvalue weighted by molar-refractivity contribution is -0.674. The van der Waals surface area contributed by atoms with Crippen LogP contribution in [0.3, 0.4) is 0 Å². The van der Waals surface area contributed by atoms with Gasteiger partial charge in [0.2, 0.25) is 0 Å². The largest absolute Gasteiger partial charge is 0.254 e. The molecule has 1 aromatic heterocycles. The molecule has 0 N–H and O–H groups in total. The van der Waals surface area contributed by atoms with Gasteiger partial charge in [-0.25, -0.2) is 9.13 Å². The van der Waals surface area contributed by atoms with Crippen molar-refractivity contribution in [2.75, 3.05) is 0 Å². The SMILES string of the molecule is C=CCn1c(C)[n+](CC)c2ccc(C#N)cc21. The van der Waals surface area contributed by atoms with E-state index in [2.05, 4.69) is 35.6 Å². The van der Waals surface area contributed by atoms with E-state index >= 15 is 0 Å². The van der Waals surface area contributed by atoms with Crippen LogP contribution in [0.25, 0.3) is 11.0 Å². The Morgan fingerprint density at radius 3 is 2.88 bits per heavy atom. The van der Waals surface area contributed by atoms with E-state index in [0.29, 0.717) is 5.56 Å². The van der Waals surface area contributed by atoms with E-state index < -0.39 is 0 Å².